The molecule has 0 aliphatic heterocycles. The van der Waals surface area contributed by atoms with Crippen LogP contribution >= 0.6 is 27.5 Å². The standard InChI is InChI=1S/C12H13BrClNO4/c1-3-18-12(17)15-10(16)6-19-11-7(2)4-8(13)5-9(11)14/h4-5H,3,6H2,1-2H3,(H,15,16,17). The summed E-state index contributed by atoms with van der Waals surface area (Å²) in [5.74, 6) is -0.194. The molecule has 0 spiro atoms. The maximum atomic E-state index is 11.4. The monoisotopic (exact) mass is 349 g/mol. The van der Waals surface area contributed by atoms with Gasteiger partial charge in [-0.25, -0.2) is 4.79 Å². The molecule has 0 unspecified atom stereocenters. The van der Waals surface area contributed by atoms with Gasteiger partial charge in [-0.15, -0.1) is 0 Å². The lowest BCUT2D eigenvalue weighted by molar-refractivity contribution is -0.122. The van der Waals surface area contributed by atoms with Crippen LogP contribution in [-0.4, -0.2) is 25.2 Å². The summed E-state index contributed by atoms with van der Waals surface area (Å²) < 4.78 is 10.7. The second-order valence-corrected chi connectivity index (χ2v) is 4.91. The Morgan fingerprint density at radius 3 is 2.68 bits per heavy atom. The average Bonchev–Trinajstić information content (AvgIpc) is 2.27. The number of ether oxygens (including phenoxy) is 2. The summed E-state index contributed by atoms with van der Waals surface area (Å²) in [6.07, 6.45) is -0.797. The van der Waals surface area contributed by atoms with Crippen LogP contribution in [0.25, 0.3) is 0 Å². The number of carbonyl (C=O) groups is 2. The van der Waals surface area contributed by atoms with Crippen LogP contribution in [0.4, 0.5) is 4.79 Å². The van der Waals surface area contributed by atoms with Gasteiger partial charge in [-0.05, 0) is 31.5 Å². The second kappa shape index (κ2) is 7.35. The van der Waals surface area contributed by atoms with Crippen molar-refractivity contribution in [3.8, 4) is 5.75 Å². The third-order valence-electron chi connectivity index (χ3n) is 2.06. The molecule has 0 bridgehead atoms. The predicted molar refractivity (Wildman–Crippen MR) is 74.5 cm³/mol. The van der Waals surface area contributed by atoms with Gasteiger partial charge in [0.1, 0.15) is 5.75 Å². The van der Waals surface area contributed by atoms with Gasteiger partial charge < -0.3 is 9.47 Å². The zero-order chi connectivity index (χ0) is 14.4. The molecule has 104 valence electrons. The molecular weight excluding hydrogens is 337 g/mol. The van der Waals surface area contributed by atoms with E-state index < -0.39 is 12.0 Å². The number of benzene rings is 1. The number of alkyl carbamates (subject to hydrolysis) is 1. The number of carbonyl (C=O) groups excluding carboxylic acids is 2. The van der Waals surface area contributed by atoms with E-state index >= 15 is 0 Å². The smallest absolute Gasteiger partial charge is 0.413 e. The highest BCUT2D eigenvalue weighted by molar-refractivity contribution is 9.10. The van der Waals surface area contributed by atoms with E-state index in [9.17, 15) is 9.59 Å². The van der Waals surface area contributed by atoms with Crippen LogP contribution in [0.3, 0.4) is 0 Å². The molecule has 0 saturated carbocycles. The minimum Gasteiger partial charge on any atom is -0.482 e. The number of imide groups is 1. The molecular formula is C12H13BrClNO4. The SMILES string of the molecule is CCOC(=O)NC(=O)COc1c(C)cc(Br)cc1Cl. The van der Waals surface area contributed by atoms with Crippen molar-refractivity contribution in [2.75, 3.05) is 13.2 Å². The van der Waals surface area contributed by atoms with E-state index in [-0.39, 0.29) is 13.2 Å². The van der Waals surface area contributed by atoms with Gasteiger partial charge >= 0.3 is 6.09 Å². The molecule has 0 saturated heterocycles. The van der Waals surface area contributed by atoms with E-state index in [4.69, 9.17) is 16.3 Å². The quantitative estimate of drug-likeness (QED) is 0.906. The number of nitrogens with one attached hydrogen (secondary N) is 1. The molecule has 0 aliphatic carbocycles. The fourth-order valence-electron chi connectivity index (χ4n) is 1.33. The van der Waals surface area contributed by atoms with E-state index in [0.29, 0.717) is 10.8 Å². The van der Waals surface area contributed by atoms with E-state index in [1.165, 1.54) is 0 Å². The molecule has 1 aromatic rings. The Balaban J connectivity index is 2.58. The topological polar surface area (TPSA) is 64.6 Å². The summed E-state index contributed by atoms with van der Waals surface area (Å²) in [6.45, 7) is 3.32. The molecule has 1 N–H and O–H groups in total. The largest absolute Gasteiger partial charge is 0.482 e. The third-order valence-corrected chi connectivity index (χ3v) is 2.80. The number of rotatable bonds is 4. The summed E-state index contributed by atoms with van der Waals surface area (Å²) >= 11 is 9.29. The molecule has 0 aliphatic rings. The van der Waals surface area contributed by atoms with Crippen LogP contribution in [-0.2, 0) is 9.53 Å². The maximum Gasteiger partial charge on any atom is 0.413 e. The summed E-state index contributed by atoms with van der Waals surface area (Å²) in [5, 5.41) is 2.41. The highest BCUT2D eigenvalue weighted by atomic mass is 79.9. The van der Waals surface area contributed by atoms with Gasteiger partial charge in [0, 0.05) is 4.47 Å². The molecule has 1 rings (SSSR count). The van der Waals surface area contributed by atoms with Gasteiger partial charge in [0.2, 0.25) is 0 Å². The molecule has 0 radical (unpaired) electrons. The van der Waals surface area contributed by atoms with Crippen molar-refractivity contribution in [3.05, 3.63) is 27.2 Å². The van der Waals surface area contributed by atoms with Gasteiger partial charge in [0.05, 0.1) is 11.6 Å². The molecule has 19 heavy (non-hydrogen) atoms. The molecule has 0 atom stereocenters. The number of halogens is 2. The van der Waals surface area contributed by atoms with Crippen LogP contribution in [0.5, 0.6) is 5.75 Å². The van der Waals surface area contributed by atoms with Crippen molar-refractivity contribution in [1.29, 1.82) is 0 Å². The highest BCUT2D eigenvalue weighted by Crippen LogP contribution is 2.31. The van der Waals surface area contributed by atoms with Crippen LogP contribution in [0.1, 0.15) is 12.5 Å². The molecule has 0 aromatic heterocycles. The fourth-order valence-corrected chi connectivity index (χ4v) is 2.35. The lowest BCUT2D eigenvalue weighted by Gasteiger charge is -2.11. The van der Waals surface area contributed by atoms with Crippen LogP contribution in [0, 0.1) is 6.92 Å². The van der Waals surface area contributed by atoms with E-state index in [2.05, 4.69) is 20.7 Å². The van der Waals surface area contributed by atoms with E-state index in [0.717, 1.165) is 10.0 Å². The minimum absolute atomic E-state index is 0.192. The van der Waals surface area contributed by atoms with Crippen molar-refractivity contribution >= 4 is 39.5 Å². The van der Waals surface area contributed by atoms with Gasteiger partial charge in [-0.3, -0.25) is 10.1 Å². The average molecular weight is 351 g/mol. The summed E-state index contributed by atoms with van der Waals surface area (Å²) in [4.78, 5) is 22.4. The van der Waals surface area contributed by atoms with Crippen molar-refractivity contribution < 1.29 is 19.1 Å². The summed E-state index contributed by atoms with van der Waals surface area (Å²) in [6, 6.07) is 3.47. The van der Waals surface area contributed by atoms with Crippen molar-refractivity contribution in [3.63, 3.8) is 0 Å². The van der Waals surface area contributed by atoms with E-state index in [1.54, 1.807) is 19.9 Å². The zero-order valence-electron chi connectivity index (χ0n) is 10.5. The number of hydrogen-bond donors (Lipinski definition) is 1. The third kappa shape index (κ3) is 5.08. The Morgan fingerprint density at radius 1 is 1.42 bits per heavy atom. The fraction of sp³-hybridized carbons (Fsp3) is 0.333. The number of aryl methyl sites for hydroxylation is 1. The Bertz CT molecular complexity index is 470. The second-order valence-electron chi connectivity index (χ2n) is 3.59. The molecule has 0 fully saturated rings. The van der Waals surface area contributed by atoms with E-state index in [1.807, 2.05) is 11.4 Å². The van der Waals surface area contributed by atoms with Crippen molar-refractivity contribution in [2.45, 2.75) is 13.8 Å². The van der Waals surface area contributed by atoms with Crippen molar-refractivity contribution in [1.82, 2.24) is 5.32 Å². The first kappa shape index (κ1) is 15.8. The lowest BCUT2D eigenvalue weighted by Crippen LogP contribution is -2.34. The molecule has 0 heterocycles. The number of hydrogen-bond acceptors (Lipinski definition) is 4. The predicted octanol–water partition coefficient (Wildman–Crippen LogP) is 3.06. The first-order chi connectivity index (χ1) is 8.93. The molecule has 1 aromatic carbocycles. The Labute approximate surface area is 124 Å². The van der Waals surface area contributed by atoms with Crippen molar-refractivity contribution in [2.24, 2.45) is 0 Å². The first-order valence-corrected chi connectivity index (χ1v) is 6.66. The van der Waals surface area contributed by atoms with Gasteiger partial charge in [0.25, 0.3) is 5.91 Å². The van der Waals surface area contributed by atoms with Gasteiger partial charge in [0.15, 0.2) is 6.61 Å². The summed E-state index contributed by atoms with van der Waals surface area (Å²) in [5.41, 5.74) is 0.781. The van der Waals surface area contributed by atoms with Gasteiger partial charge in [-0.1, -0.05) is 27.5 Å². The van der Waals surface area contributed by atoms with Crippen LogP contribution in [0.15, 0.2) is 16.6 Å². The zero-order valence-corrected chi connectivity index (χ0v) is 12.8. The van der Waals surface area contributed by atoms with Crippen LogP contribution < -0.4 is 10.1 Å². The Kier molecular flexibility index (Phi) is 6.11. The molecule has 5 nitrogen and oxygen atoms in total. The Morgan fingerprint density at radius 2 is 2.11 bits per heavy atom. The van der Waals surface area contributed by atoms with Gasteiger partial charge in [-0.2, -0.15) is 0 Å². The normalized spacial score (nSPS) is 9.89. The lowest BCUT2D eigenvalue weighted by atomic mass is 10.2. The first-order valence-electron chi connectivity index (χ1n) is 5.49. The maximum absolute atomic E-state index is 11.4. The molecule has 2 amide bonds. The Hall–Kier alpha value is -1.27. The molecule has 7 heteroatoms. The number of amides is 2. The highest BCUT2D eigenvalue weighted by Gasteiger charge is 2.12. The minimum atomic E-state index is -0.797. The van der Waals surface area contributed by atoms with Crippen LogP contribution in [0.2, 0.25) is 5.02 Å². The summed E-state index contributed by atoms with van der Waals surface area (Å²) in [7, 11) is 0.